The Morgan fingerprint density at radius 3 is 2.44 bits per heavy atom. The number of nitrogens with zero attached hydrogens (tertiary/aromatic N) is 2. The first-order valence-electron chi connectivity index (χ1n) is 5.53. The van der Waals surface area contributed by atoms with Crippen LogP contribution in [0, 0.1) is 0 Å². The molecule has 0 saturated heterocycles. The van der Waals surface area contributed by atoms with E-state index in [1.54, 1.807) is 13.8 Å². The average molecular weight is 274 g/mol. The molecule has 3 N–H and O–H groups in total. The Balaban J connectivity index is 3.46. The Labute approximate surface area is 107 Å². The normalized spacial score (nSPS) is 11.6. The van der Waals surface area contributed by atoms with E-state index in [9.17, 15) is 8.42 Å². The van der Waals surface area contributed by atoms with Crippen LogP contribution in [0.2, 0.25) is 0 Å². The molecule has 0 radical (unpaired) electrons. The summed E-state index contributed by atoms with van der Waals surface area (Å²) in [6.07, 6.45) is 0. The number of nitrogen functional groups attached to an aromatic ring is 1. The molecule has 1 rings (SSSR count). The van der Waals surface area contributed by atoms with Gasteiger partial charge in [-0.25, -0.2) is 8.42 Å². The van der Waals surface area contributed by atoms with Crippen molar-refractivity contribution in [1.29, 1.82) is 0 Å². The van der Waals surface area contributed by atoms with Crippen LogP contribution in [0.1, 0.15) is 20.8 Å². The second-order valence-electron chi connectivity index (χ2n) is 3.89. The molecule has 0 aliphatic rings. The van der Waals surface area contributed by atoms with Gasteiger partial charge in [0.2, 0.25) is 11.8 Å². The van der Waals surface area contributed by atoms with E-state index >= 15 is 0 Å². The molecule has 0 unspecified atom stereocenters. The maximum absolute atomic E-state index is 12.1. The monoisotopic (exact) mass is 274 g/mol. The Bertz CT molecular complexity index is 528. The third-order valence-electron chi connectivity index (χ3n) is 2.29. The van der Waals surface area contributed by atoms with Crippen LogP contribution < -0.4 is 15.8 Å². The number of rotatable bonds is 5. The molecule has 0 saturated carbocycles. The summed E-state index contributed by atoms with van der Waals surface area (Å²) in [6, 6.07) is 0. The summed E-state index contributed by atoms with van der Waals surface area (Å²) in [4.78, 5) is 7.75. The first-order chi connectivity index (χ1) is 8.34. The van der Waals surface area contributed by atoms with Gasteiger partial charge in [-0.15, -0.1) is 0 Å². The van der Waals surface area contributed by atoms with E-state index in [1.165, 1.54) is 7.11 Å². The number of nitrogens with two attached hydrogens (primary N) is 1. The van der Waals surface area contributed by atoms with Crippen molar-refractivity contribution >= 4 is 21.6 Å². The van der Waals surface area contributed by atoms with Crippen LogP contribution in [0.25, 0.3) is 0 Å². The van der Waals surface area contributed by atoms with Gasteiger partial charge in [-0.05, 0) is 20.8 Å². The predicted molar refractivity (Wildman–Crippen MR) is 69.5 cm³/mol. The zero-order valence-electron chi connectivity index (χ0n) is 10.9. The molecule has 18 heavy (non-hydrogen) atoms. The number of methoxy groups -OCH3 is 1. The predicted octanol–water partition coefficient (Wildman–Crippen LogP) is 0.681. The van der Waals surface area contributed by atoms with Crippen molar-refractivity contribution in [3.8, 4) is 5.88 Å². The number of nitrogens with one attached hydrogen (secondary N) is 1. The number of sulfone groups is 1. The second-order valence-corrected chi connectivity index (χ2v) is 6.34. The van der Waals surface area contributed by atoms with Gasteiger partial charge in [0.15, 0.2) is 20.6 Å². The maximum atomic E-state index is 12.1. The Morgan fingerprint density at radius 2 is 2.00 bits per heavy atom. The van der Waals surface area contributed by atoms with Crippen molar-refractivity contribution in [3.05, 3.63) is 0 Å². The summed E-state index contributed by atoms with van der Waals surface area (Å²) < 4.78 is 29.3. The fourth-order valence-electron chi connectivity index (χ4n) is 1.33. The van der Waals surface area contributed by atoms with Gasteiger partial charge in [0.25, 0.3) is 0 Å². The van der Waals surface area contributed by atoms with Crippen molar-refractivity contribution < 1.29 is 13.2 Å². The van der Waals surface area contributed by atoms with E-state index < -0.39 is 15.1 Å². The number of hydrogen-bond acceptors (Lipinski definition) is 7. The van der Waals surface area contributed by atoms with Gasteiger partial charge < -0.3 is 15.8 Å². The Hall–Kier alpha value is -1.57. The smallest absolute Gasteiger partial charge is 0.239 e. The molecule has 0 spiro atoms. The summed E-state index contributed by atoms with van der Waals surface area (Å²) in [6.45, 7) is 5.59. The van der Waals surface area contributed by atoms with E-state index in [-0.39, 0.29) is 22.5 Å². The van der Waals surface area contributed by atoms with E-state index in [4.69, 9.17) is 10.5 Å². The van der Waals surface area contributed by atoms with Gasteiger partial charge in [-0.2, -0.15) is 9.97 Å². The van der Waals surface area contributed by atoms with Crippen LogP contribution in [-0.4, -0.2) is 37.3 Å². The number of aromatic nitrogens is 2. The van der Waals surface area contributed by atoms with Crippen LogP contribution in [0.4, 0.5) is 11.8 Å². The fraction of sp³-hybridized carbons (Fsp3) is 0.600. The summed E-state index contributed by atoms with van der Waals surface area (Å²) in [5.41, 5.74) is 5.70. The van der Waals surface area contributed by atoms with Gasteiger partial charge in [0.05, 0.1) is 12.4 Å². The molecule has 0 bridgehead atoms. The highest BCUT2D eigenvalue weighted by molar-refractivity contribution is 7.92. The molecule has 102 valence electrons. The molecule has 0 fully saturated rings. The van der Waals surface area contributed by atoms with Gasteiger partial charge in [0, 0.05) is 6.54 Å². The van der Waals surface area contributed by atoms with E-state index in [1.807, 2.05) is 6.92 Å². The first kappa shape index (κ1) is 14.5. The standard InChI is InChI=1S/C10H18N4O3S/c1-5-12-10-13-8(11)7(9(14-10)17-4)18(15,16)6(2)3/h6H,5H2,1-4H3,(H3,11,12,13,14). The minimum absolute atomic E-state index is 0.0350. The lowest BCUT2D eigenvalue weighted by molar-refractivity contribution is 0.385. The third-order valence-corrected chi connectivity index (χ3v) is 4.49. The third kappa shape index (κ3) is 2.63. The summed E-state index contributed by atoms with van der Waals surface area (Å²) >= 11 is 0. The molecule has 1 aromatic heterocycles. The number of ether oxygens (including phenoxy) is 1. The number of anilines is 2. The van der Waals surface area contributed by atoms with Crippen molar-refractivity contribution in [1.82, 2.24) is 9.97 Å². The van der Waals surface area contributed by atoms with E-state index in [0.29, 0.717) is 6.54 Å². The molecule has 0 aliphatic carbocycles. The highest BCUT2D eigenvalue weighted by Crippen LogP contribution is 2.30. The SMILES string of the molecule is CCNc1nc(N)c(S(=O)(=O)C(C)C)c(OC)n1. The van der Waals surface area contributed by atoms with Crippen molar-refractivity contribution in [2.24, 2.45) is 0 Å². The molecular formula is C10H18N4O3S. The van der Waals surface area contributed by atoms with Crippen LogP contribution in [0.3, 0.4) is 0 Å². The minimum atomic E-state index is -3.58. The largest absolute Gasteiger partial charge is 0.480 e. The molecule has 0 aliphatic heterocycles. The molecule has 0 atom stereocenters. The van der Waals surface area contributed by atoms with Crippen molar-refractivity contribution in [3.63, 3.8) is 0 Å². The van der Waals surface area contributed by atoms with Crippen LogP contribution >= 0.6 is 0 Å². The Kier molecular flexibility index (Phi) is 4.33. The quantitative estimate of drug-likeness (QED) is 0.813. The molecule has 0 aromatic carbocycles. The lowest BCUT2D eigenvalue weighted by atomic mass is 10.5. The molecular weight excluding hydrogens is 256 g/mol. The Morgan fingerprint density at radius 1 is 1.39 bits per heavy atom. The number of hydrogen-bond donors (Lipinski definition) is 2. The van der Waals surface area contributed by atoms with Crippen LogP contribution in [-0.2, 0) is 9.84 Å². The topological polar surface area (TPSA) is 107 Å². The van der Waals surface area contributed by atoms with Crippen molar-refractivity contribution in [2.45, 2.75) is 30.9 Å². The fourth-order valence-corrected chi connectivity index (χ4v) is 2.51. The lowest BCUT2D eigenvalue weighted by Gasteiger charge is -2.14. The zero-order valence-corrected chi connectivity index (χ0v) is 11.7. The summed E-state index contributed by atoms with van der Waals surface area (Å²) in [5, 5.41) is 2.23. The molecule has 1 aromatic rings. The van der Waals surface area contributed by atoms with Gasteiger partial charge >= 0.3 is 0 Å². The molecule has 1 heterocycles. The lowest BCUT2D eigenvalue weighted by Crippen LogP contribution is -2.19. The maximum Gasteiger partial charge on any atom is 0.239 e. The van der Waals surface area contributed by atoms with Crippen LogP contribution in [0.5, 0.6) is 5.88 Å². The molecule has 8 heteroatoms. The van der Waals surface area contributed by atoms with E-state index in [0.717, 1.165) is 0 Å². The second kappa shape index (κ2) is 5.38. The zero-order chi connectivity index (χ0) is 13.9. The summed E-state index contributed by atoms with van der Waals surface area (Å²) in [5.74, 6) is 0.105. The molecule has 7 nitrogen and oxygen atoms in total. The van der Waals surface area contributed by atoms with E-state index in [2.05, 4.69) is 15.3 Å². The van der Waals surface area contributed by atoms with Gasteiger partial charge in [-0.3, -0.25) is 0 Å². The van der Waals surface area contributed by atoms with Crippen molar-refractivity contribution in [2.75, 3.05) is 24.7 Å². The highest BCUT2D eigenvalue weighted by atomic mass is 32.2. The molecule has 0 amide bonds. The van der Waals surface area contributed by atoms with Gasteiger partial charge in [-0.1, -0.05) is 0 Å². The highest BCUT2D eigenvalue weighted by Gasteiger charge is 2.29. The summed E-state index contributed by atoms with van der Waals surface area (Å²) in [7, 11) is -2.24. The average Bonchev–Trinajstić information content (AvgIpc) is 2.27. The van der Waals surface area contributed by atoms with Crippen LogP contribution in [0.15, 0.2) is 4.90 Å². The first-order valence-corrected chi connectivity index (χ1v) is 7.08. The van der Waals surface area contributed by atoms with Gasteiger partial charge in [0.1, 0.15) is 0 Å². The minimum Gasteiger partial charge on any atom is -0.480 e.